The van der Waals surface area contributed by atoms with Gasteiger partial charge in [-0.25, -0.2) is 4.79 Å². The summed E-state index contributed by atoms with van der Waals surface area (Å²) in [6.45, 7) is 3.46. The fourth-order valence-electron chi connectivity index (χ4n) is 2.46. The summed E-state index contributed by atoms with van der Waals surface area (Å²) < 4.78 is 2.28. The summed E-state index contributed by atoms with van der Waals surface area (Å²) in [6, 6.07) is 0. The average molecular weight is 320 g/mol. The quantitative estimate of drug-likeness (QED) is 0.640. The van der Waals surface area contributed by atoms with E-state index in [4.69, 9.17) is 0 Å². The number of aromatic nitrogens is 2. The predicted molar refractivity (Wildman–Crippen MR) is 84.8 cm³/mol. The summed E-state index contributed by atoms with van der Waals surface area (Å²) in [6.07, 6.45) is 4.15. The fourth-order valence-corrected chi connectivity index (χ4v) is 2.46. The zero-order chi connectivity index (χ0) is 17.1. The molecule has 0 aromatic carbocycles. The average Bonchev–Trinajstić information content (AvgIpc) is 2.54. The Bertz CT molecular complexity index is 767. The molecule has 1 aliphatic heterocycles. The number of carbonyl (C=O) groups excluding carboxylic acids is 2. The molecule has 2 amide bonds. The molecule has 0 saturated carbocycles. The van der Waals surface area contributed by atoms with Crippen molar-refractivity contribution in [2.45, 2.75) is 6.92 Å². The van der Waals surface area contributed by atoms with E-state index in [0.29, 0.717) is 26.2 Å². The molecular formula is C15H20N4O4. The zero-order valence-corrected chi connectivity index (χ0v) is 13.5. The molecular weight excluding hydrogens is 300 g/mol. The lowest BCUT2D eigenvalue weighted by Gasteiger charge is -2.33. The molecule has 2 rings (SSSR count). The molecule has 1 aromatic heterocycles. The van der Waals surface area contributed by atoms with Crippen LogP contribution in [-0.4, -0.2) is 56.9 Å². The van der Waals surface area contributed by atoms with Crippen LogP contribution in [0.4, 0.5) is 0 Å². The van der Waals surface area contributed by atoms with Crippen LogP contribution in [-0.2, 0) is 23.7 Å². The van der Waals surface area contributed by atoms with Crippen molar-refractivity contribution in [3.05, 3.63) is 38.7 Å². The van der Waals surface area contributed by atoms with E-state index in [9.17, 15) is 19.2 Å². The highest BCUT2D eigenvalue weighted by atomic mass is 16.2. The van der Waals surface area contributed by atoms with Gasteiger partial charge in [-0.05, 0) is 6.08 Å². The molecule has 0 atom stereocenters. The van der Waals surface area contributed by atoms with Crippen LogP contribution >= 0.6 is 0 Å². The molecule has 124 valence electrons. The highest BCUT2D eigenvalue weighted by Crippen LogP contribution is 2.04. The highest BCUT2D eigenvalue weighted by molar-refractivity contribution is 5.91. The summed E-state index contributed by atoms with van der Waals surface area (Å²) in [4.78, 5) is 50.3. The second kappa shape index (κ2) is 6.64. The minimum absolute atomic E-state index is 0.00124. The summed E-state index contributed by atoms with van der Waals surface area (Å²) in [5.74, 6) is -0.217. The van der Waals surface area contributed by atoms with Crippen molar-refractivity contribution >= 4 is 17.9 Å². The maximum Gasteiger partial charge on any atom is 0.330 e. The van der Waals surface area contributed by atoms with E-state index < -0.39 is 11.2 Å². The third-order valence-electron chi connectivity index (χ3n) is 3.92. The smallest absolute Gasteiger partial charge is 0.330 e. The number of nitrogens with zero attached hydrogens (tertiary/aromatic N) is 4. The predicted octanol–water partition coefficient (Wildman–Crippen LogP) is -1.21. The lowest BCUT2D eigenvalue weighted by molar-refractivity contribution is -0.135. The minimum atomic E-state index is -0.446. The Hall–Kier alpha value is -2.64. The number of hydrogen-bond acceptors (Lipinski definition) is 4. The van der Waals surface area contributed by atoms with Crippen molar-refractivity contribution in [1.29, 1.82) is 0 Å². The normalized spacial score (nSPS) is 15.3. The van der Waals surface area contributed by atoms with E-state index >= 15 is 0 Å². The number of piperazine rings is 1. The van der Waals surface area contributed by atoms with Gasteiger partial charge in [-0.15, -0.1) is 0 Å². The number of aryl methyl sites for hydroxylation is 1. The van der Waals surface area contributed by atoms with Gasteiger partial charge < -0.3 is 14.4 Å². The van der Waals surface area contributed by atoms with Crippen molar-refractivity contribution in [3.8, 4) is 0 Å². The van der Waals surface area contributed by atoms with Crippen molar-refractivity contribution in [2.24, 2.45) is 14.1 Å². The first-order valence-electron chi connectivity index (χ1n) is 7.30. The van der Waals surface area contributed by atoms with Gasteiger partial charge in [-0.2, -0.15) is 0 Å². The molecule has 1 aliphatic rings. The van der Waals surface area contributed by atoms with Gasteiger partial charge >= 0.3 is 5.69 Å². The maximum atomic E-state index is 12.2. The molecule has 0 radical (unpaired) electrons. The topological polar surface area (TPSA) is 84.6 Å². The van der Waals surface area contributed by atoms with E-state index in [1.807, 2.05) is 0 Å². The Balaban J connectivity index is 2.10. The number of rotatable bonds is 2. The lowest BCUT2D eigenvalue weighted by Crippen LogP contribution is -2.49. The molecule has 0 N–H and O–H groups in total. The number of hydrogen-bond donors (Lipinski definition) is 0. The third-order valence-corrected chi connectivity index (χ3v) is 3.92. The first-order valence-corrected chi connectivity index (χ1v) is 7.30. The van der Waals surface area contributed by atoms with Gasteiger partial charge in [0.1, 0.15) is 0 Å². The van der Waals surface area contributed by atoms with Gasteiger partial charge in [0.05, 0.1) is 5.56 Å². The van der Waals surface area contributed by atoms with E-state index in [0.717, 1.165) is 4.57 Å². The number of carbonyl (C=O) groups is 2. The van der Waals surface area contributed by atoms with Gasteiger partial charge in [0.2, 0.25) is 11.8 Å². The standard InChI is InChI=1S/C15H20N4O4/c1-11(20)18-6-8-19(9-7-18)13(21)5-4-12-10-16(2)15(23)17(3)14(12)22/h4-5,10H,6-9H2,1-3H3. The van der Waals surface area contributed by atoms with Gasteiger partial charge in [0.15, 0.2) is 0 Å². The first kappa shape index (κ1) is 16.7. The largest absolute Gasteiger partial charge is 0.339 e. The summed E-state index contributed by atoms with van der Waals surface area (Å²) in [5, 5.41) is 0. The Labute approximate surface area is 133 Å². The van der Waals surface area contributed by atoms with E-state index in [1.54, 1.807) is 16.8 Å². The molecule has 1 saturated heterocycles. The van der Waals surface area contributed by atoms with Crippen LogP contribution in [0.15, 0.2) is 21.9 Å². The maximum absolute atomic E-state index is 12.2. The number of amides is 2. The zero-order valence-electron chi connectivity index (χ0n) is 13.5. The molecule has 0 bridgehead atoms. The molecule has 0 spiro atoms. The Morgan fingerprint density at radius 3 is 2.17 bits per heavy atom. The second-order valence-corrected chi connectivity index (χ2v) is 5.51. The summed E-state index contributed by atoms with van der Waals surface area (Å²) >= 11 is 0. The van der Waals surface area contributed by atoms with Gasteiger partial charge in [-0.1, -0.05) is 0 Å². The molecule has 0 aliphatic carbocycles. The molecule has 2 heterocycles. The van der Waals surface area contributed by atoms with E-state index in [-0.39, 0.29) is 17.4 Å². The molecule has 8 nitrogen and oxygen atoms in total. The molecule has 1 fully saturated rings. The first-order chi connectivity index (χ1) is 10.8. The van der Waals surface area contributed by atoms with E-state index in [2.05, 4.69) is 0 Å². The van der Waals surface area contributed by atoms with Gasteiger partial charge in [0.25, 0.3) is 5.56 Å². The van der Waals surface area contributed by atoms with Crippen LogP contribution in [0.3, 0.4) is 0 Å². The molecule has 23 heavy (non-hydrogen) atoms. The van der Waals surface area contributed by atoms with Crippen LogP contribution in [0.2, 0.25) is 0 Å². The molecule has 0 unspecified atom stereocenters. The fraction of sp³-hybridized carbons (Fsp3) is 0.467. The van der Waals surface area contributed by atoms with Crippen molar-refractivity contribution in [1.82, 2.24) is 18.9 Å². The Morgan fingerprint density at radius 1 is 1.04 bits per heavy atom. The SMILES string of the molecule is CC(=O)N1CCN(C(=O)C=Cc2cn(C)c(=O)n(C)c2=O)CC1. The van der Waals surface area contributed by atoms with Gasteiger partial charge in [0, 0.05) is 59.5 Å². The lowest BCUT2D eigenvalue weighted by atomic mass is 10.2. The van der Waals surface area contributed by atoms with Crippen LogP contribution in [0, 0.1) is 0 Å². The van der Waals surface area contributed by atoms with Gasteiger partial charge in [-0.3, -0.25) is 19.0 Å². The minimum Gasteiger partial charge on any atom is -0.339 e. The second-order valence-electron chi connectivity index (χ2n) is 5.51. The monoisotopic (exact) mass is 320 g/mol. The van der Waals surface area contributed by atoms with Crippen molar-refractivity contribution in [2.75, 3.05) is 26.2 Å². The van der Waals surface area contributed by atoms with Crippen LogP contribution < -0.4 is 11.2 Å². The van der Waals surface area contributed by atoms with Crippen LogP contribution in [0.5, 0.6) is 0 Å². The van der Waals surface area contributed by atoms with Crippen molar-refractivity contribution in [3.63, 3.8) is 0 Å². The van der Waals surface area contributed by atoms with E-state index in [1.165, 1.54) is 36.9 Å². The highest BCUT2D eigenvalue weighted by Gasteiger charge is 2.20. The molecule has 8 heteroatoms. The third kappa shape index (κ3) is 3.58. The van der Waals surface area contributed by atoms with Crippen LogP contribution in [0.1, 0.15) is 12.5 Å². The Morgan fingerprint density at radius 2 is 1.61 bits per heavy atom. The summed E-state index contributed by atoms with van der Waals surface area (Å²) in [7, 11) is 2.94. The van der Waals surface area contributed by atoms with Crippen LogP contribution in [0.25, 0.3) is 6.08 Å². The van der Waals surface area contributed by atoms with Crippen molar-refractivity contribution < 1.29 is 9.59 Å². The Kier molecular flexibility index (Phi) is 4.83. The summed E-state index contributed by atoms with van der Waals surface area (Å²) in [5.41, 5.74) is -0.595. The molecule has 1 aromatic rings.